The molecule has 0 aliphatic carbocycles. The maximum atomic E-state index is 11.7. The number of terminal acetylenes is 1. The SMILES string of the molecule is C#CCCCCNC(=O)COc1ccc2c(ccn2C(=O)C=C)c1. The van der Waals surface area contributed by atoms with E-state index < -0.39 is 0 Å². The summed E-state index contributed by atoms with van der Waals surface area (Å²) in [5.41, 5.74) is 0.769. The number of nitrogens with zero attached hydrogens (tertiary/aromatic N) is 1. The molecule has 5 nitrogen and oxygen atoms in total. The van der Waals surface area contributed by atoms with E-state index in [2.05, 4.69) is 17.8 Å². The lowest BCUT2D eigenvalue weighted by Crippen LogP contribution is -2.29. The van der Waals surface area contributed by atoms with E-state index in [1.165, 1.54) is 10.6 Å². The van der Waals surface area contributed by atoms with Crippen LogP contribution < -0.4 is 10.1 Å². The zero-order valence-corrected chi connectivity index (χ0v) is 13.5. The summed E-state index contributed by atoms with van der Waals surface area (Å²) in [5.74, 6) is 2.78. The van der Waals surface area contributed by atoms with Crippen molar-refractivity contribution in [2.45, 2.75) is 19.3 Å². The molecule has 5 heteroatoms. The number of nitrogens with one attached hydrogen (secondary N) is 1. The Morgan fingerprint density at radius 1 is 1.33 bits per heavy atom. The van der Waals surface area contributed by atoms with Crippen molar-refractivity contribution in [3.05, 3.63) is 43.1 Å². The smallest absolute Gasteiger partial charge is 0.257 e. The molecule has 1 heterocycles. The number of carbonyl (C=O) groups excluding carboxylic acids is 2. The van der Waals surface area contributed by atoms with Crippen LogP contribution >= 0.6 is 0 Å². The normalized spacial score (nSPS) is 10.1. The minimum Gasteiger partial charge on any atom is -0.484 e. The van der Waals surface area contributed by atoms with Gasteiger partial charge in [0.1, 0.15) is 5.75 Å². The third-order valence-corrected chi connectivity index (χ3v) is 3.51. The standard InChI is InChI=1S/C19H20N2O3/c1-3-5-6-7-11-20-18(22)14-24-16-8-9-17-15(13-16)10-12-21(17)19(23)4-2/h1,4,8-10,12-13H,2,5-7,11,14H2,(H,20,22). The summed E-state index contributed by atoms with van der Waals surface area (Å²) in [6, 6.07) is 7.12. The highest BCUT2D eigenvalue weighted by molar-refractivity contribution is 5.98. The molecule has 0 saturated heterocycles. The van der Waals surface area contributed by atoms with Gasteiger partial charge in [-0.15, -0.1) is 12.3 Å². The largest absolute Gasteiger partial charge is 0.484 e. The fraction of sp³-hybridized carbons (Fsp3) is 0.263. The third-order valence-electron chi connectivity index (χ3n) is 3.51. The molecule has 0 fully saturated rings. The van der Waals surface area contributed by atoms with Gasteiger partial charge in [0.2, 0.25) is 0 Å². The molecule has 0 unspecified atom stereocenters. The van der Waals surface area contributed by atoms with Crippen LogP contribution in [0.4, 0.5) is 0 Å². The van der Waals surface area contributed by atoms with Crippen molar-refractivity contribution >= 4 is 22.7 Å². The first-order chi connectivity index (χ1) is 11.7. The summed E-state index contributed by atoms with van der Waals surface area (Å²) in [7, 11) is 0. The van der Waals surface area contributed by atoms with Gasteiger partial charge in [0, 0.05) is 24.5 Å². The van der Waals surface area contributed by atoms with E-state index in [9.17, 15) is 9.59 Å². The fourth-order valence-corrected chi connectivity index (χ4v) is 2.28. The van der Waals surface area contributed by atoms with Crippen molar-refractivity contribution in [3.8, 4) is 18.1 Å². The molecule has 0 aliphatic heterocycles. The second-order valence-electron chi connectivity index (χ2n) is 5.25. The Hall–Kier alpha value is -3.00. The Balaban J connectivity index is 1.87. The van der Waals surface area contributed by atoms with E-state index >= 15 is 0 Å². The van der Waals surface area contributed by atoms with Gasteiger partial charge in [0.25, 0.3) is 11.8 Å². The number of rotatable bonds is 8. The monoisotopic (exact) mass is 324 g/mol. The van der Waals surface area contributed by atoms with E-state index in [0.717, 1.165) is 30.2 Å². The number of allylic oxidation sites excluding steroid dienone is 1. The highest BCUT2D eigenvalue weighted by Gasteiger charge is 2.08. The van der Waals surface area contributed by atoms with Gasteiger partial charge in [-0.2, -0.15) is 0 Å². The van der Waals surface area contributed by atoms with Crippen LogP contribution in [0.3, 0.4) is 0 Å². The van der Waals surface area contributed by atoms with Gasteiger partial charge >= 0.3 is 0 Å². The van der Waals surface area contributed by atoms with Crippen LogP contribution in [-0.2, 0) is 4.79 Å². The first kappa shape index (κ1) is 17.4. The number of amides is 1. The average Bonchev–Trinajstić information content (AvgIpc) is 3.02. The Kier molecular flexibility index (Phi) is 6.21. The first-order valence-corrected chi connectivity index (χ1v) is 7.76. The van der Waals surface area contributed by atoms with E-state index in [-0.39, 0.29) is 18.4 Å². The lowest BCUT2D eigenvalue weighted by Gasteiger charge is -2.08. The van der Waals surface area contributed by atoms with Crippen LogP contribution in [0.25, 0.3) is 10.9 Å². The molecule has 24 heavy (non-hydrogen) atoms. The highest BCUT2D eigenvalue weighted by atomic mass is 16.5. The predicted octanol–water partition coefficient (Wildman–Crippen LogP) is 2.77. The highest BCUT2D eigenvalue weighted by Crippen LogP contribution is 2.22. The molecule has 2 aromatic rings. The minimum absolute atomic E-state index is 0.0487. The van der Waals surface area contributed by atoms with Crippen molar-refractivity contribution in [2.75, 3.05) is 13.2 Å². The number of ether oxygens (including phenoxy) is 1. The van der Waals surface area contributed by atoms with Crippen molar-refractivity contribution in [3.63, 3.8) is 0 Å². The van der Waals surface area contributed by atoms with E-state index in [0.29, 0.717) is 12.3 Å². The molecule has 0 atom stereocenters. The Labute approximate surface area is 141 Å². The predicted molar refractivity (Wildman–Crippen MR) is 94.0 cm³/mol. The maximum absolute atomic E-state index is 11.7. The number of hydrogen-bond donors (Lipinski definition) is 1. The van der Waals surface area contributed by atoms with Crippen molar-refractivity contribution in [1.29, 1.82) is 0 Å². The molecule has 0 radical (unpaired) electrons. The molecule has 2 rings (SSSR count). The van der Waals surface area contributed by atoms with Crippen molar-refractivity contribution < 1.29 is 14.3 Å². The zero-order valence-electron chi connectivity index (χ0n) is 13.5. The molecular formula is C19H20N2O3. The third kappa shape index (κ3) is 4.50. The average molecular weight is 324 g/mol. The number of fused-ring (bicyclic) bond motifs is 1. The Morgan fingerprint density at radius 2 is 2.17 bits per heavy atom. The van der Waals surface area contributed by atoms with Gasteiger partial charge in [-0.25, -0.2) is 0 Å². The maximum Gasteiger partial charge on any atom is 0.257 e. The molecule has 1 N–H and O–H groups in total. The second-order valence-corrected chi connectivity index (χ2v) is 5.25. The molecule has 0 bridgehead atoms. The summed E-state index contributed by atoms with van der Waals surface area (Å²) in [5, 5.41) is 3.64. The van der Waals surface area contributed by atoms with Crippen LogP contribution in [0.1, 0.15) is 24.1 Å². The molecule has 124 valence electrons. The summed E-state index contributed by atoms with van der Waals surface area (Å²) in [4.78, 5) is 23.4. The topological polar surface area (TPSA) is 60.3 Å². The molecular weight excluding hydrogens is 304 g/mol. The number of carbonyl (C=O) groups is 2. The van der Waals surface area contributed by atoms with Crippen LogP contribution in [-0.4, -0.2) is 29.5 Å². The van der Waals surface area contributed by atoms with Gasteiger partial charge in [-0.1, -0.05) is 6.58 Å². The van der Waals surface area contributed by atoms with Gasteiger partial charge in [-0.05, 0) is 43.2 Å². The fourth-order valence-electron chi connectivity index (χ4n) is 2.28. The van der Waals surface area contributed by atoms with E-state index in [1.54, 1.807) is 24.4 Å². The summed E-state index contributed by atoms with van der Waals surface area (Å²) < 4.78 is 7.00. The Bertz CT molecular complexity index is 783. The van der Waals surface area contributed by atoms with Crippen LogP contribution in [0.2, 0.25) is 0 Å². The summed E-state index contributed by atoms with van der Waals surface area (Å²) in [6.45, 7) is 4.03. The number of unbranched alkanes of at least 4 members (excludes halogenated alkanes) is 2. The Morgan fingerprint density at radius 3 is 2.92 bits per heavy atom. The number of hydrogen-bond acceptors (Lipinski definition) is 3. The molecule has 1 amide bonds. The second kappa shape index (κ2) is 8.59. The van der Waals surface area contributed by atoms with Crippen molar-refractivity contribution in [1.82, 2.24) is 9.88 Å². The minimum atomic E-state index is -0.192. The van der Waals surface area contributed by atoms with Crippen LogP contribution in [0.5, 0.6) is 5.75 Å². The van der Waals surface area contributed by atoms with Crippen LogP contribution in [0, 0.1) is 12.3 Å². The quantitative estimate of drug-likeness (QED) is 0.461. The lowest BCUT2D eigenvalue weighted by atomic mass is 10.2. The summed E-state index contributed by atoms with van der Waals surface area (Å²) >= 11 is 0. The van der Waals surface area contributed by atoms with Gasteiger partial charge in [-0.3, -0.25) is 14.2 Å². The lowest BCUT2D eigenvalue weighted by molar-refractivity contribution is -0.123. The number of aromatic nitrogens is 1. The molecule has 0 spiro atoms. The molecule has 1 aromatic heterocycles. The molecule has 1 aromatic carbocycles. The van der Waals surface area contributed by atoms with Crippen LogP contribution in [0.15, 0.2) is 43.1 Å². The molecule has 0 saturated carbocycles. The first-order valence-electron chi connectivity index (χ1n) is 7.76. The summed E-state index contributed by atoms with van der Waals surface area (Å²) in [6.07, 6.45) is 10.6. The van der Waals surface area contributed by atoms with E-state index in [1.807, 2.05) is 6.07 Å². The zero-order chi connectivity index (χ0) is 17.4. The van der Waals surface area contributed by atoms with Crippen molar-refractivity contribution in [2.24, 2.45) is 0 Å². The number of benzene rings is 1. The van der Waals surface area contributed by atoms with Gasteiger partial charge in [0.15, 0.2) is 6.61 Å². The van der Waals surface area contributed by atoms with Gasteiger partial charge < -0.3 is 10.1 Å². The molecule has 0 aliphatic rings. The van der Waals surface area contributed by atoms with Gasteiger partial charge in [0.05, 0.1) is 5.52 Å². The van der Waals surface area contributed by atoms with E-state index in [4.69, 9.17) is 11.2 Å².